The number of allylic oxidation sites excluding steroid dienone is 4. The van der Waals surface area contributed by atoms with Crippen molar-refractivity contribution in [3.63, 3.8) is 0 Å². The monoisotopic (exact) mass is 362 g/mol. The van der Waals surface area contributed by atoms with Gasteiger partial charge >= 0.3 is 0 Å². The van der Waals surface area contributed by atoms with Crippen molar-refractivity contribution in [2.24, 2.45) is 0 Å². The first-order valence-electron chi connectivity index (χ1n) is 7.63. The van der Waals surface area contributed by atoms with Crippen LogP contribution < -0.4 is 0 Å². The molecule has 0 amide bonds. The first kappa shape index (κ1) is 19.2. The zero-order chi connectivity index (χ0) is 19.4. The molecule has 0 saturated heterocycles. The molecule has 0 fully saturated rings. The summed E-state index contributed by atoms with van der Waals surface area (Å²) in [5, 5.41) is 0. The second kappa shape index (κ2) is 7.81. The van der Waals surface area contributed by atoms with Crippen LogP contribution in [0, 0.1) is 0 Å². The summed E-state index contributed by atoms with van der Waals surface area (Å²) >= 11 is 0. The molecule has 2 aliphatic rings. The fourth-order valence-corrected chi connectivity index (χ4v) is 2.70. The maximum absolute atomic E-state index is 12.4. The lowest BCUT2D eigenvalue weighted by atomic mass is 9.91. The first-order chi connectivity index (χ1) is 12.4. The molecule has 0 aromatic rings. The van der Waals surface area contributed by atoms with Crippen LogP contribution in [0.25, 0.3) is 0 Å². The van der Waals surface area contributed by atoms with Crippen LogP contribution in [0.3, 0.4) is 0 Å². The fraction of sp³-hybridized carbons (Fsp3) is 0.333. The van der Waals surface area contributed by atoms with E-state index >= 15 is 0 Å². The second-order valence-electron chi connectivity index (χ2n) is 5.36. The normalized spacial score (nSPS) is 18.0. The van der Waals surface area contributed by atoms with Gasteiger partial charge in [-0.3, -0.25) is 19.2 Å². The summed E-state index contributed by atoms with van der Waals surface area (Å²) in [5.74, 6) is -2.71. The number of ketones is 4. The van der Waals surface area contributed by atoms with Crippen LogP contribution in [-0.4, -0.2) is 51.6 Å². The Balaban J connectivity index is 2.20. The van der Waals surface area contributed by atoms with Crippen LogP contribution in [0.4, 0.5) is 0 Å². The number of hydrogen-bond donors (Lipinski definition) is 0. The average molecular weight is 362 g/mol. The van der Waals surface area contributed by atoms with E-state index in [0.717, 1.165) is 12.2 Å². The van der Waals surface area contributed by atoms with E-state index in [0.29, 0.717) is 0 Å². The Morgan fingerprint density at radius 3 is 1.15 bits per heavy atom. The molecule has 26 heavy (non-hydrogen) atoms. The molecule has 0 atom stereocenters. The van der Waals surface area contributed by atoms with Gasteiger partial charge in [-0.05, 0) is 25.0 Å². The Morgan fingerprint density at radius 1 is 0.577 bits per heavy atom. The minimum Gasteiger partial charge on any atom is -0.490 e. The largest absolute Gasteiger partial charge is 0.490 e. The zero-order valence-electron chi connectivity index (χ0n) is 14.8. The minimum absolute atomic E-state index is 0.0680. The molecule has 0 aliphatic heterocycles. The molecule has 0 N–H and O–H groups in total. The van der Waals surface area contributed by atoms with Crippen molar-refractivity contribution in [2.75, 3.05) is 28.4 Å². The van der Waals surface area contributed by atoms with Crippen molar-refractivity contribution in [3.8, 4) is 0 Å². The van der Waals surface area contributed by atoms with E-state index in [9.17, 15) is 19.2 Å². The number of rotatable bonds is 7. The summed E-state index contributed by atoms with van der Waals surface area (Å²) in [6, 6.07) is 0. The number of methoxy groups -OCH3 is 4. The maximum Gasteiger partial charge on any atom is 0.227 e. The topological polar surface area (TPSA) is 105 Å². The Labute approximate surface area is 149 Å². The zero-order valence-corrected chi connectivity index (χ0v) is 14.8. The lowest BCUT2D eigenvalue weighted by Gasteiger charge is -2.19. The number of hydrogen-bond acceptors (Lipinski definition) is 8. The smallest absolute Gasteiger partial charge is 0.227 e. The van der Waals surface area contributed by atoms with Gasteiger partial charge in [0.25, 0.3) is 0 Å². The van der Waals surface area contributed by atoms with Gasteiger partial charge in [-0.2, -0.15) is 0 Å². The summed E-state index contributed by atoms with van der Waals surface area (Å²) in [4.78, 5) is 48.9. The van der Waals surface area contributed by atoms with Crippen molar-refractivity contribution in [3.05, 3.63) is 46.3 Å². The third kappa shape index (κ3) is 3.30. The number of carbonyl (C=O) groups is 4. The van der Waals surface area contributed by atoms with Gasteiger partial charge in [0.15, 0.2) is 0 Å². The van der Waals surface area contributed by atoms with Gasteiger partial charge in [0.05, 0.1) is 28.4 Å². The summed E-state index contributed by atoms with van der Waals surface area (Å²) in [6.07, 6.45) is 2.43. The van der Waals surface area contributed by atoms with Crippen molar-refractivity contribution in [1.82, 2.24) is 0 Å². The third-order valence-electron chi connectivity index (χ3n) is 3.95. The molecule has 0 heterocycles. The van der Waals surface area contributed by atoms with Gasteiger partial charge in [0.2, 0.25) is 46.2 Å². The Morgan fingerprint density at radius 2 is 0.885 bits per heavy atom. The Bertz CT molecular complexity index is 739. The molecule has 2 aliphatic carbocycles. The average Bonchev–Trinajstić information content (AvgIpc) is 2.63. The highest BCUT2D eigenvalue weighted by Crippen LogP contribution is 2.28. The van der Waals surface area contributed by atoms with Gasteiger partial charge in [-0.25, -0.2) is 0 Å². The van der Waals surface area contributed by atoms with Crippen LogP contribution in [0.2, 0.25) is 0 Å². The Hall–Kier alpha value is -3.16. The second-order valence-corrected chi connectivity index (χ2v) is 5.36. The molecule has 0 spiro atoms. The van der Waals surface area contributed by atoms with E-state index in [1.54, 1.807) is 0 Å². The standard InChI is InChI=1S/C18H18O8/c1-23-15-11(19)7-9(13(21)17(15)25-3)5-6-10-8-12(20)16(24-2)18(26-4)14(10)22/h7-8H,5-6H2,1-4H3. The molecule has 8 heteroatoms. The molecule has 0 radical (unpaired) electrons. The van der Waals surface area contributed by atoms with Crippen LogP contribution >= 0.6 is 0 Å². The molecule has 0 aromatic heterocycles. The SMILES string of the molecule is COC1=C(OC)C(=O)C(CCC2=CC(=O)C(OC)=C(OC)C2=O)=CC1=O. The maximum atomic E-state index is 12.4. The fourth-order valence-electron chi connectivity index (χ4n) is 2.70. The van der Waals surface area contributed by atoms with E-state index in [1.807, 2.05) is 0 Å². The lowest BCUT2D eigenvalue weighted by Crippen LogP contribution is -2.23. The molecule has 0 unspecified atom stereocenters. The van der Waals surface area contributed by atoms with Crippen LogP contribution in [0.5, 0.6) is 0 Å². The summed E-state index contributed by atoms with van der Waals surface area (Å²) in [7, 11) is 5.05. The summed E-state index contributed by atoms with van der Waals surface area (Å²) < 4.78 is 19.7. The predicted molar refractivity (Wildman–Crippen MR) is 87.5 cm³/mol. The van der Waals surface area contributed by atoms with E-state index in [-0.39, 0.29) is 47.0 Å². The number of carbonyl (C=O) groups excluding carboxylic acids is 4. The molecule has 138 valence electrons. The first-order valence-corrected chi connectivity index (χ1v) is 7.63. The van der Waals surface area contributed by atoms with Crippen molar-refractivity contribution < 1.29 is 38.1 Å². The van der Waals surface area contributed by atoms with Gasteiger partial charge in [0, 0.05) is 11.1 Å². The highest BCUT2D eigenvalue weighted by atomic mass is 16.5. The van der Waals surface area contributed by atoms with Crippen molar-refractivity contribution in [2.45, 2.75) is 12.8 Å². The van der Waals surface area contributed by atoms with Crippen LogP contribution in [-0.2, 0) is 38.1 Å². The molecule has 0 bridgehead atoms. The third-order valence-corrected chi connectivity index (χ3v) is 3.95. The molecular weight excluding hydrogens is 344 g/mol. The molecule has 8 nitrogen and oxygen atoms in total. The quantitative estimate of drug-likeness (QED) is 0.616. The lowest BCUT2D eigenvalue weighted by molar-refractivity contribution is -0.120. The highest BCUT2D eigenvalue weighted by Gasteiger charge is 2.33. The number of Topliss-reactive ketones (excluding diaryl/α,β-unsaturated/α-hetero) is 2. The van der Waals surface area contributed by atoms with E-state index in [1.165, 1.54) is 28.4 Å². The summed E-state index contributed by atoms with van der Waals surface area (Å²) in [6.45, 7) is 0. The minimum atomic E-state index is -0.502. The molecule has 0 saturated carbocycles. The Kier molecular flexibility index (Phi) is 5.76. The summed E-state index contributed by atoms with van der Waals surface area (Å²) in [5.41, 5.74) is 0.323. The van der Waals surface area contributed by atoms with E-state index in [4.69, 9.17) is 18.9 Å². The molecular formula is C18H18O8. The van der Waals surface area contributed by atoms with E-state index < -0.39 is 23.1 Å². The van der Waals surface area contributed by atoms with Crippen molar-refractivity contribution in [1.29, 1.82) is 0 Å². The van der Waals surface area contributed by atoms with Gasteiger partial charge in [-0.1, -0.05) is 0 Å². The van der Waals surface area contributed by atoms with Gasteiger partial charge in [0.1, 0.15) is 0 Å². The van der Waals surface area contributed by atoms with Crippen LogP contribution in [0.1, 0.15) is 12.8 Å². The van der Waals surface area contributed by atoms with E-state index in [2.05, 4.69) is 0 Å². The number of ether oxygens (including phenoxy) is 4. The predicted octanol–water partition coefficient (Wildman–Crippen LogP) is 0.932. The van der Waals surface area contributed by atoms with Crippen LogP contribution in [0.15, 0.2) is 46.3 Å². The van der Waals surface area contributed by atoms with Crippen molar-refractivity contribution >= 4 is 23.1 Å². The van der Waals surface area contributed by atoms with Gasteiger partial charge < -0.3 is 18.9 Å². The molecule has 2 rings (SSSR count). The van der Waals surface area contributed by atoms with Gasteiger partial charge in [-0.15, -0.1) is 0 Å². The highest BCUT2D eigenvalue weighted by molar-refractivity contribution is 6.22. The molecule has 0 aromatic carbocycles.